The Bertz CT molecular complexity index is 388. The lowest BCUT2D eigenvalue weighted by Gasteiger charge is -2.45. The molecular formula is C17H30FNO. The zero-order chi connectivity index (χ0) is 15.1. The van der Waals surface area contributed by atoms with Crippen LogP contribution in [0.15, 0.2) is 11.1 Å². The number of halogens is 1. The van der Waals surface area contributed by atoms with Gasteiger partial charge in [0.05, 0.1) is 6.61 Å². The first-order chi connectivity index (χ1) is 9.29. The molecule has 1 spiro atoms. The Morgan fingerprint density at radius 1 is 1.15 bits per heavy atom. The average Bonchev–Trinajstić information content (AvgIpc) is 2.73. The summed E-state index contributed by atoms with van der Waals surface area (Å²) in [5.74, 6) is 0.806. The van der Waals surface area contributed by atoms with E-state index in [-0.39, 0.29) is 0 Å². The molecule has 2 aliphatic heterocycles. The maximum absolute atomic E-state index is 15.0. The van der Waals surface area contributed by atoms with E-state index in [0.717, 1.165) is 13.0 Å². The number of alkyl halides is 1. The molecule has 2 atom stereocenters. The van der Waals surface area contributed by atoms with Gasteiger partial charge in [0.15, 0.2) is 0 Å². The van der Waals surface area contributed by atoms with Gasteiger partial charge in [-0.2, -0.15) is 0 Å². The lowest BCUT2D eigenvalue weighted by atomic mass is 9.75. The Labute approximate surface area is 123 Å². The van der Waals surface area contributed by atoms with E-state index in [1.54, 1.807) is 0 Å². The summed E-state index contributed by atoms with van der Waals surface area (Å²) >= 11 is 0. The van der Waals surface area contributed by atoms with Gasteiger partial charge >= 0.3 is 0 Å². The Hall–Kier alpha value is -0.410. The Kier molecular flexibility index (Phi) is 4.60. The molecule has 0 N–H and O–H groups in total. The van der Waals surface area contributed by atoms with Crippen molar-refractivity contribution < 1.29 is 9.13 Å². The molecule has 1 fully saturated rings. The largest absolute Gasteiger partial charge is 0.363 e. The fourth-order valence-corrected chi connectivity index (χ4v) is 3.82. The van der Waals surface area contributed by atoms with Gasteiger partial charge < -0.3 is 4.74 Å². The lowest BCUT2D eigenvalue weighted by Crippen LogP contribution is -2.56. The van der Waals surface area contributed by atoms with E-state index in [2.05, 4.69) is 46.4 Å². The third-order valence-corrected chi connectivity index (χ3v) is 4.96. The SMILES string of the molecule is CC(C)C1=C(C(C)C)[C@@]2(CCN(C(C)C)C[C@@H]2F)OC1. The van der Waals surface area contributed by atoms with Gasteiger partial charge in [-0.1, -0.05) is 27.7 Å². The van der Waals surface area contributed by atoms with Crippen LogP contribution in [0, 0.1) is 11.8 Å². The highest BCUT2D eigenvalue weighted by Crippen LogP contribution is 2.46. The summed E-state index contributed by atoms with van der Waals surface area (Å²) in [7, 11) is 0. The van der Waals surface area contributed by atoms with Crippen molar-refractivity contribution in [3.63, 3.8) is 0 Å². The second kappa shape index (κ2) is 5.76. The minimum absolute atomic E-state index is 0.360. The highest BCUT2D eigenvalue weighted by Gasteiger charge is 2.52. The first-order valence-electron chi connectivity index (χ1n) is 8.05. The molecule has 0 aromatic rings. The third kappa shape index (κ3) is 2.55. The van der Waals surface area contributed by atoms with E-state index in [1.807, 2.05) is 0 Å². The maximum atomic E-state index is 15.0. The molecule has 0 aliphatic carbocycles. The first kappa shape index (κ1) is 16.0. The molecule has 2 heterocycles. The predicted molar refractivity (Wildman–Crippen MR) is 81.6 cm³/mol. The highest BCUT2D eigenvalue weighted by atomic mass is 19.1. The molecule has 0 unspecified atom stereocenters. The van der Waals surface area contributed by atoms with Crippen LogP contribution in [0.4, 0.5) is 4.39 Å². The zero-order valence-electron chi connectivity index (χ0n) is 13.9. The monoisotopic (exact) mass is 283 g/mol. The molecule has 2 rings (SSSR count). The van der Waals surface area contributed by atoms with Gasteiger partial charge in [0.2, 0.25) is 0 Å². The fourth-order valence-electron chi connectivity index (χ4n) is 3.82. The van der Waals surface area contributed by atoms with Gasteiger partial charge in [0, 0.05) is 19.1 Å². The molecular weight excluding hydrogens is 253 g/mol. The van der Waals surface area contributed by atoms with Gasteiger partial charge in [-0.25, -0.2) is 4.39 Å². The zero-order valence-corrected chi connectivity index (χ0v) is 13.9. The van der Waals surface area contributed by atoms with Crippen molar-refractivity contribution >= 4 is 0 Å². The molecule has 2 aliphatic rings. The minimum Gasteiger partial charge on any atom is -0.363 e. The summed E-state index contributed by atoms with van der Waals surface area (Å²) in [5, 5.41) is 0. The number of likely N-dealkylation sites (tertiary alicyclic amines) is 1. The molecule has 1 saturated heterocycles. The molecule has 0 saturated carbocycles. The van der Waals surface area contributed by atoms with E-state index in [4.69, 9.17) is 4.74 Å². The number of rotatable bonds is 3. The van der Waals surface area contributed by atoms with Crippen molar-refractivity contribution in [1.82, 2.24) is 4.90 Å². The molecule has 0 radical (unpaired) electrons. The molecule has 2 nitrogen and oxygen atoms in total. The normalized spacial score (nSPS) is 32.4. The second-order valence-corrected chi connectivity index (χ2v) is 7.23. The number of nitrogens with zero attached hydrogens (tertiary/aromatic N) is 1. The summed E-state index contributed by atoms with van der Waals surface area (Å²) < 4.78 is 21.1. The van der Waals surface area contributed by atoms with Crippen LogP contribution in [-0.2, 0) is 4.74 Å². The lowest BCUT2D eigenvalue weighted by molar-refractivity contribution is -0.0940. The fraction of sp³-hybridized carbons (Fsp3) is 0.882. The molecule has 3 heteroatoms. The van der Waals surface area contributed by atoms with Crippen LogP contribution in [0.5, 0.6) is 0 Å². The molecule has 0 amide bonds. The Morgan fingerprint density at radius 2 is 1.80 bits per heavy atom. The van der Waals surface area contributed by atoms with E-state index < -0.39 is 11.8 Å². The van der Waals surface area contributed by atoms with Crippen LogP contribution in [0.25, 0.3) is 0 Å². The quantitative estimate of drug-likeness (QED) is 0.730. The van der Waals surface area contributed by atoms with E-state index >= 15 is 4.39 Å². The van der Waals surface area contributed by atoms with Gasteiger partial charge in [0.25, 0.3) is 0 Å². The number of piperidine rings is 1. The topological polar surface area (TPSA) is 12.5 Å². The summed E-state index contributed by atoms with van der Waals surface area (Å²) in [6, 6.07) is 0.406. The predicted octanol–water partition coefficient (Wildman–Crippen LogP) is 3.82. The van der Waals surface area contributed by atoms with Gasteiger partial charge in [-0.05, 0) is 43.3 Å². The van der Waals surface area contributed by atoms with Crippen LogP contribution in [0.2, 0.25) is 0 Å². The van der Waals surface area contributed by atoms with E-state index in [9.17, 15) is 0 Å². The molecule has 0 bridgehead atoms. The van der Waals surface area contributed by atoms with Gasteiger partial charge in [-0.3, -0.25) is 4.90 Å². The van der Waals surface area contributed by atoms with Crippen molar-refractivity contribution in [1.29, 1.82) is 0 Å². The van der Waals surface area contributed by atoms with Crippen LogP contribution in [0.3, 0.4) is 0 Å². The van der Waals surface area contributed by atoms with Crippen molar-refractivity contribution in [3.8, 4) is 0 Å². The summed E-state index contributed by atoms with van der Waals surface area (Å²) in [6.07, 6.45) is -0.122. The second-order valence-electron chi connectivity index (χ2n) is 7.23. The number of hydrogen-bond acceptors (Lipinski definition) is 2. The summed E-state index contributed by atoms with van der Waals surface area (Å²) in [4.78, 5) is 2.23. The minimum atomic E-state index is -0.910. The third-order valence-electron chi connectivity index (χ3n) is 4.96. The first-order valence-corrected chi connectivity index (χ1v) is 8.05. The standard InChI is InChI=1S/C17H30FNO/c1-11(2)14-10-20-17(16(14)12(3)4)7-8-19(13(5)6)9-15(17)18/h11-13,15H,7-10H2,1-6H3/t15-,17-/m0/s1. The molecule has 20 heavy (non-hydrogen) atoms. The van der Waals surface area contributed by atoms with E-state index in [0.29, 0.717) is 31.0 Å². The molecule has 116 valence electrons. The smallest absolute Gasteiger partial charge is 0.145 e. The Morgan fingerprint density at radius 3 is 2.25 bits per heavy atom. The molecule has 0 aromatic carbocycles. The van der Waals surface area contributed by atoms with Crippen molar-refractivity contribution in [2.24, 2.45) is 11.8 Å². The van der Waals surface area contributed by atoms with Crippen LogP contribution >= 0.6 is 0 Å². The van der Waals surface area contributed by atoms with Crippen molar-refractivity contribution in [2.75, 3.05) is 19.7 Å². The summed E-state index contributed by atoms with van der Waals surface area (Å²) in [6.45, 7) is 15.1. The van der Waals surface area contributed by atoms with Crippen LogP contribution in [0.1, 0.15) is 48.0 Å². The van der Waals surface area contributed by atoms with Gasteiger partial charge in [0.1, 0.15) is 11.8 Å². The van der Waals surface area contributed by atoms with Crippen LogP contribution in [-0.4, -0.2) is 42.4 Å². The van der Waals surface area contributed by atoms with Crippen LogP contribution < -0.4 is 0 Å². The number of ether oxygens (including phenoxy) is 1. The van der Waals surface area contributed by atoms with E-state index in [1.165, 1.54) is 11.1 Å². The maximum Gasteiger partial charge on any atom is 0.145 e. The van der Waals surface area contributed by atoms with Crippen molar-refractivity contribution in [2.45, 2.75) is 65.8 Å². The number of hydrogen-bond donors (Lipinski definition) is 0. The Balaban J connectivity index is 2.31. The average molecular weight is 283 g/mol. The summed E-state index contributed by atoms with van der Waals surface area (Å²) in [5.41, 5.74) is 1.95. The van der Waals surface area contributed by atoms with Crippen molar-refractivity contribution in [3.05, 3.63) is 11.1 Å². The van der Waals surface area contributed by atoms with Gasteiger partial charge in [-0.15, -0.1) is 0 Å². The highest BCUT2D eigenvalue weighted by molar-refractivity contribution is 5.35. The molecule has 0 aromatic heterocycles.